The molecule has 2 N–H and O–H groups in total. The number of hydrogen-bond acceptors (Lipinski definition) is 5. The molecule has 1 fully saturated rings. The summed E-state index contributed by atoms with van der Waals surface area (Å²) in [5, 5.41) is 7.20. The third-order valence-corrected chi connectivity index (χ3v) is 5.12. The van der Waals surface area contributed by atoms with Gasteiger partial charge < -0.3 is 20.4 Å². The fourth-order valence-electron chi connectivity index (χ4n) is 3.16. The first kappa shape index (κ1) is 24.6. The summed E-state index contributed by atoms with van der Waals surface area (Å²) in [6.07, 6.45) is 4.55. The molecule has 0 amide bonds. The minimum Gasteiger partial charge on any atom is -0.357 e. The number of likely N-dealkylation sites (N-methyl/N-ethyl adjacent to an activating group) is 1. The van der Waals surface area contributed by atoms with Crippen molar-refractivity contribution in [1.82, 2.24) is 25.5 Å². The van der Waals surface area contributed by atoms with E-state index in [1.54, 1.807) is 0 Å². The lowest BCUT2D eigenvalue weighted by Gasteiger charge is -2.33. The Morgan fingerprint density at radius 3 is 2.60 bits per heavy atom. The van der Waals surface area contributed by atoms with Crippen molar-refractivity contribution >= 4 is 47.4 Å². The highest BCUT2D eigenvalue weighted by molar-refractivity contribution is 14.0. The molecular weight excluding hydrogens is 513 g/mol. The summed E-state index contributed by atoms with van der Waals surface area (Å²) in [5.41, 5.74) is 2.30. The number of halogens is 2. The van der Waals surface area contributed by atoms with Crippen LogP contribution in [0.4, 0.5) is 5.82 Å². The van der Waals surface area contributed by atoms with E-state index in [0.717, 1.165) is 68.6 Å². The lowest BCUT2D eigenvalue weighted by Crippen LogP contribution is -2.44. The maximum Gasteiger partial charge on any atom is 0.191 e. The average Bonchev–Trinajstić information content (AvgIpc) is 2.74. The monoisotopic (exact) mass is 543 g/mol. The van der Waals surface area contributed by atoms with E-state index >= 15 is 0 Å². The largest absolute Gasteiger partial charge is 0.357 e. The van der Waals surface area contributed by atoms with Crippen LogP contribution in [-0.2, 0) is 13.0 Å². The van der Waals surface area contributed by atoms with Gasteiger partial charge in [-0.05, 0) is 49.7 Å². The summed E-state index contributed by atoms with van der Waals surface area (Å²) in [6, 6.07) is 8.00. The molecule has 0 radical (unpaired) electrons. The zero-order chi connectivity index (χ0) is 20.5. The fourth-order valence-corrected chi connectivity index (χ4v) is 3.27. The Labute approximate surface area is 201 Å². The minimum absolute atomic E-state index is 0. The van der Waals surface area contributed by atoms with E-state index in [9.17, 15) is 0 Å². The van der Waals surface area contributed by atoms with Crippen LogP contribution >= 0.6 is 35.6 Å². The van der Waals surface area contributed by atoms with Gasteiger partial charge in [-0.3, -0.25) is 0 Å². The first-order valence-electron chi connectivity index (χ1n) is 10.1. The molecule has 0 unspecified atom stereocenters. The van der Waals surface area contributed by atoms with Gasteiger partial charge in [0.25, 0.3) is 0 Å². The Hall–Kier alpha value is -1.65. The van der Waals surface area contributed by atoms with Crippen LogP contribution in [0.15, 0.2) is 41.7 Å². The Kier molecular flexibility index (Phi) is 10.6. The van der Waals surface area contributed by atoms with Crippen LogP contribution in [0.3, 0.4) is 0 Å². The highest BCUT2D eigenvalue weighted by atomic mass is 127. The zero-order valence-electron chi connectivity index (χ0n) is 17.6. The molecule has 0 spiro atoms. The van der Waals surface area contributed by atoms with Crippen LogP contribution in [0.1, 0.15) is 18.1 Å². The lowest BCUT2D eigenvalue weighted by molar-refractivity contribution is 0.312. The van der Waals surface area contributed by atoms with Gasteiger partial charge in [-0.2, -0.15) is 0 Å². The van der Waals surface area contributed by atoms with Gasteiger partial charge in [0.15, 0.2) is 5.96 Å². The molecule has 30 heavy (non-hydrogen) atoms. The van der Waals surface area contributed by atoms with Crippen molar-refractivity contribution in [1.29, 1.82) is 0 Å². The van der Waals surface area contributed by atoms with Gasteiger partial charge in [-0.1, -0.05) is 17.7 Å². The molecule has 7 nitrogen and oxygen atoms in total. The van der Waals surface area contributed by atoms with Gasteiger partial charge in [0.2, 0.25) is 0 Å². The molecule has 9 heteroatoms. The van der Waals surface area contributed by atoms with Crippen molar-refractivity contribution in [2.75, 3.05) is 51.2 Å². The maximum absolute atomic E-state index is 5.84. The van der Waals surface area contributed by atoms with Gasteiger partial charge in [-0.15, -0.1) is 24.0 Å². The molecule has 0 saturated carbocycles. The van der Waals surface area contributed by atoms with Gasteiger partial charge in [0, 0.05) is 51.7 Å². The molecule has 0 aliphatic carbocycles. The standard InChI is InChI=1S/C21H30ClN7.HI/c1-3-23-21(25-9-6-17-4-5-19(22)26-15-17)27-16-18-7-8-24-20(14-18)29-12-10-28(2)11-13-29;/h4-5,7-8,14-15H,3,6,9-13,16H2,1-2H3,(H2,23,25,27);1H. The number of guanidine groups is 1. The molecule has 164 valence electrons. The molecule has 0 aromatic carbocycles. The van der Waals surface area contributed by atoms with Crippen molar-refractivity contribution in [3.63, 3.8) is 0 Å². The quantitative estimate of drug-likeness (QED) is 0.242. The Morgan fingerprint density at radius 2 is 1.90 bits per heavy atom. The predicted molar refractivity (Wildman–Crippen MR) is 135 cm³/mol. The van der Waals surface area contributed by atoms with Crippen LogP contribution in [0, 0.1) is 0 Å². The third kappa shape index (κ3) is 7.88. The van der Waals surface area contributed by atoms with Crippen molar-refractivity contribution in [3.8, 4) is 0 Å². The van der Waals surface area contributed by atoms with E-state index in [1.807, 2.05) is 30.6 Å². The Morgan fingerprint density at radius 1 is 1.10 bits per heavy atom. The second-order valence-corrected chi connectivity index (χ2v) is 7.56. The molecule has 0 bridgehead atoms. The van der Waals surface area contributed by atoms with Crippen LogP contribution in [0.5, 0.6) is 0 Å². The van der Waals surface area contributed by atoms with Gasteiger partial charge in [-0.25, -0.2) is 15.0 Å². The third-order valence-electron chi connectivity index (χ3n) is 4.90. The number of pyridine rings is 2. The first-order valence-corrected chi connectivity index (χ1v) is 10.5. The zero-order valence-corrected chi connectivity index (χ0v) is 20.7. The Bertz CT molecular complexity index is 792. The van der Waals surface area contributed by atoms with Crippen molar-refractivity contribution in [3.05, 3.63) is 52.9 Å². The molecule has 3 rings (SSSR count). The van der Waals surface area contributed by atoms with E-state index in [1.165, 1.54) is 0 Å². The molecule has 0 atom stereocenters. The summed E-state index contributed by atoms with van der Waals surface area (Å²) in [6.45, 7) is 8.44. The number of nitrogens with zero attached hydrogens (tertiary/aromatic N) is 5. The van der Waals surface area contributed by atoms with Gasteiger partial charge in [0.05, 0.1) is 6.54 Å². The first-order chi connectivity index (χ1) is 14.1. The lowest BCUT2D eigenvalue weighted by atomic mass is 10.2. The Balaban J connectivity index is 0.00000320. The summed E-state index contributed by atoms with van der Waals surface area (Å²) in [5.74, 6) is 1.85. The summed E-state index contributed by atoms with van der Waals surface area (Å²) >= 11 is 5.84. The van der Waals surface area contributed by atoms with E-state index in [4.69, 9.17) is 16.6 Å². The minimum atomic E-state index is 0. The fraction of sp³-hybridized carbons (Fsp3) is 0.476. The van der Waals surface area contributed by atoms with E-state index < -0.39 is 0 Å². The number of hydrogen-bond donors (Lipinski definition) is 2. The van der Waals surface area contributed by atoms with Crippen LogP contribution in [-0.4, -0.2) is 67.1 Å². The second kappa shape index (κ2) is 12.9. The molecule has 2 aromatic heterocycles. The van der Waals surface area contributed by atoms with E-state index in [0.29, 0.717) is 11.7 Å². The predicted octanol–water partition coefficient (Wildman–Crippen LogP) is 2.80. The smallest absolute Gasteiger partial charge is 0.191 e. The topological polar surface area (TPSA) is 68.7 Å². The normalized spacial score (nSPS) is 14.9. The SMILES string of the molecule is CCNC(=NCc1ccnc(N2CCN(C)CC2)c1)NCCc1ccc(Cl)nc1.I. The van der Waals surface area contributed by atoms with Crippen molar-refractivity contribution < 1.29 is 0 Å². The highest BCUT2D eigenvalue weighted by Crippen LogP contribution is 2.15. The summed E-state index contributed by atoms with van der Waals surface area (Å²) < 4.78 is 0. The molecule has 3 heterocycles. The molecular formula is C21H31ClIN7. The van der Waals surface area contributed by atoms with E-state index in [-0.39, 0.29) is 24.0 Å². The maximum atomic E-state index is 5.84. The van der Waals surface area contributed by atoms with E-state index in [2.05, 4.69) is 50.4 Å². The molecule has 1 saturated heterocycles. The number of piperazine rings is 1. The number of aromatic nitrogens is 2. The van der Waals surface area contributed by atoms with Crippen LogP contribution in [0.25, 0.3) is 0 Å². The van der Waals surface area contributed by atoms with Gasteiger partial charge in [0.1, 0.15) is 11.0 Å². The van der Waals surface area contributed by atoms with Crippen LogP contribution in [0.2, 0.25) is 5.15 Å². The summed E-state index contributed by atoms with van der Waals surface area (Å²) in [4.78, 5) is 18.1. The van der Waals surface area contributed by atoms with Crippen molar-refractivity contribution in [2.45, 2.75) is 19.9 Å². The van der Waals surface area contributed by atoms with Crippen molar-refractivity contribution in [2.24, 2.45) is 4.99 Å². The average molecular weight is 544 g/mol. The van der Waals surface area contributed by atoms with Crippen LogP contribution < -0.4 is 15.5 Å². The molecule has 2 aromatic rings. The summed E-state index contributed by atoms with van der Waals surface area (Å²) in [7, 11) is 2.16. The highest BCUT2D eigenvalue weighted by Gasteiger charge is 2.15. The molecule has 1 aliphatic rings. The number of aliphatic imine (C=N–C) groups is 1. The number of rotatable bonds is 7. The van der Waals surface area contributed by atoms with Gasteiger partial charge >= 0.3 is 0 Å². The second-order valence-electron chi connectivity index (χ2n) is 7.17. The number of nitrogens with one attached hydrogen (secondary N) is 2. The molecule has 1 aliphatic heterocycles. The number of anilines is 1.